The molecule has 0 spiro atoms. The third-order valence-corrected chi connectivity index (χ3v) is 5.88. The van der Waals surface area contributed by atoms with E-state index in [9.17, 15) is 9.59 Å². The number of fused-ring (bicyclic) bond motifs is 1. The summed E-state index contributed by atoms with van der Waals surface area (Å²) in [5.41, 5.74) is 1.89. The Labute approximate surface area is 183 Å². The van der Waals surface area contributed by atoms with Crippen molar-refractivity contribution in [3.8, 4) is 5.75 Å². The Morgan fingerprint density at radius 1 is 1.23 bits per heavy atom. The van der Waals surface area contributed by atoms with Crippen LogP contribution in [0.4, 0.5) is 5.69 Å². The van der Waals surface area contributed by atoms with E-state index in [4.69, 9.17) is 4.74 Å². The Bertz CT molecular complexity index is 971. The molecule has 2 N–H and O–H groups in total. The molecule has 2 aliphatic rings. The van der Waals surface area contributed by atoms with Crippen LogP contribution in [-0.2, 0) is 4.79 Å². The van der Waals surface area contributed by atoms with E-state index in [1.807, 2.05) is 30.3 Å². The van der Waals surface area contributed by atoms with Crippen molar-refractivity contribution >= 4 is 23.6 Å². The standard InChI is InChI=1S/C25H29N3O3/c1-18-8-5-6-14-28(18)15-7-13-26-24(29)20-11-12-22-21(17-20)27-25(30)23(31-22)16-19-9-3-2-4-10-19/h2-4,9-12,16-18H,5-8,13-15H2,1H3,(H,26,29)(H,27,30)/b23-16-/t18-/m1/s1. The highest BCUT2D eigenvalue weighted by molar-refractivity contribution is 6.09. The smallest absolute Gasteiger partial charge is 0.291 e. The molecule has 0 aliphatic carbocycles. The number of hydrogen-bond acceptors (Lipinski definition) is 4. The number of ether oxygens (including phenoxy) is 1. The maximum absolute atomic E-state index is 12.5. The van der Waals surface area contributed by atoms with Crippen molar-refractivity contribution in [1.82, 2.24) is 10.2 Å². The minimum atomic E-state index is -0.329. The molecule has 2 aliphatic heterocycles. The molecule has 0 unspecified atom stereocenters. The van der Waals surface area contributed by atoms with Crippen molar-refractivity contribution in [3.05, 3.63) is 65.4 Å². The predicted molar refractivity (Wildman–Crippen MR) is 122 cm³/mol. The zero-order valence-corrected chi connectivity index (χ0v) is 17.9. The normalized spacial score (nSPS) is 20.0. The largest absolute Gasteiger partial charge is 0.449 e. The fraction of sp³-hybridized carbons (Fsp3) is 0.360. The highest BCUT2D eigenvalue weighted by Crippen LogP contribution is 2.32. The van der Waals surface area contributed by atoms with Crippen molar-refractivity contribution in [3.63, 3.8) is 0 Å². The molecule has 1 fully saturated rings. The van der Waals surface area contributed by atoms with Gasteiger partial charge in [0.1, 0.15) is 0 Å². The van der Waals surface area contributed by atoms with Crippen LogP contribution in [0.3, 0.4) is 0 Å². The van der Waals surface area contributed by atoms with Gasteiger partial charge in [-0.2, -0.15) is 0 Å². The van der Waals surface area contributed by atoms with Crippen LogP contribution in [0.25, 0.3) is 6.08 Å². The number of hydrogen-bond donors (Lipinski definition) is 2. The number of nitrogens with zero attached hydrogens (tertiary/aromatic N) is 1. The Hall–Kier alpha value is -3.12. The number of carbonyl (C=O) groups excluding carboxylic acids is 2. The first-order chi connectivity index (χ1) is 15.1. The highest BCUT2D eigenvalue weighted by Gasteiger charge is 2.23. The lowest BCUT2D eigenvalue weighted by Crippen LogP contribution is -2.39. The summed E-state index contributed by atoms with van der Waals surface area (Å²) in [6.45, 7) is 5.07. The number of rotatable bonds is 6. The number of likely N-dealkylation sites (tertiary alicyclic amines) is 1. The molecule has 162 valence electrons. The van der Waals surface area contributed by atoms with Gasteiger partial charge in [-0.3, -0.25) is 9.59 Å². The summed E-state index contributed by atoms with van der Waals surface area (Å²) in [5, 5.41) is 5.80. The van der Waals surface area contributed by atoms with Crippen LogP contribution in [0.2, 0.25) is 0 Å². The maximum atomic E-state index is 12.5. The number of carbonyl (C=O) groups is 2. The van der Waals surface area contributed by atoms with Crippen LogP contribution in [0.15, 0.2) is 54.3 Å². The van der Waals surface area contributed by atoms with Crippen LogP contribution < -0.4 is 15.4 Å². The fourth-order valence-electron chi connectivity index (χ4n) is 4.08. The molecule has 31 heavy (non-hydrogen) atoms. The Morgan fingerprint density at radius 3 is 2.87 bits per heavy atom. The first-order valence-electron chi connectivity index (χ1n) is 11.0. The third kappa shape index (κ3) is 5.33. The first kappa shape index (κ1) is 21.1. The van der Waals surface area contributed by atoms with Crippen molar-refractivity contribution in [2.24, 2.45) is 0 Å². The second kappa shape index (κ2) is 9.79. The SMILES string of the molecule is C[C@@H]1CCCCN1CCCNC(=O)c1ccc2c(c1)NC(=O)/C(=C/c1ccccc1)O2. The van der Waals surface area contributed by atoms with Gasteiger partial charge in [0.25, 0.3) is 11.8 Å². The van der Waals surface area contributed by atoms with Gasteiger partial charge in [-0.15, -0.1) is 0 Å². The van der Waals surface area contributed by atoms with Gasteiger partial charge in [-0.25, -0.2) is 0 Å². The molecule has 1 saturated heterocycles. The molecule has 2 aromatic carbocycles. The average Bonchev–Trinajstić information content (AvgIpc) is 2.78. The van der Waals surface area contributed by atoms with E-state index in [1.165, 1.54) is 19.3 Å². The zero-order chi connectivity index (χ0) is 21.6. The molecule has 6 nitrogen and oxygen atoms in total. The zero-order valence-electron chi connectivity index (χ0n) is 17.9. The molecule has 1 atom stereocenters. The van der Waals surface area contributed by atoms with Gasteiger partial charge in [-0.1, -0.05) is 36.8 Å². The van der Waals surface area contributed by atoms with Gasteiger partial charge in [0.15, 0.2) is 11.5 Å². The molecule has 6 heteroatoms. The maximum Gasteiger partial charge on any atom is 0.291 e. The summed E-state index contributed by atoms with van der Waals surface area (Å²) in [7, 11) is 0. The van der Waals surface area contributed by atoms with Crippen molar-refractivity contribution in [1.29, 1.82) is 0 Å². The summed E-state index contributed by atoms with van der Waals surface area (Å²) in [6.07, 6.45) is 6.46. The molecule has 2 aromatic rings. The van der Waals surface area contributed by atoms with E-state index in [0.29, 0.717) is 29.6 Å². The molecule has 0 saturated carbocycles. The molecule has 0 aromatic heterocycles. The lowest BCUT2D eigenvalue weighted by atomic mass is 10.0. The van der Waals surface area contributed by atoms with E-state index in [-0.39, 0.29) is 17.6 Å². The molecule has 0 bridgehead atoms. The number of piperidine rings is 1. The van der Waals surface area contributed by atoms with E-state index >= 15 is 0 Å². The molecule has 0 radical (unpaired) electrons. The Kier molecular flexibility index (Phi) is 6.67. The van der Waals surface area contributed by atoms with Crippen molar-refractivity contribution in [2.45, 2.75) is 38.6 Å². The average molecular weight is 420 g/mol. The Morgan fingerprint density at radius 2 is 2.06 bits per heavy atom. The summed E-state index contributed by atoms with van der Waals surface area (Å²) >= 11 is 0. The highest BCUT2D eigenvalue weighted by atomic mass is 16.5. The second-order valence-electron chi connectivity index (χ2n) is 8.18. The minimum absolute atomic E-state index is 0.144. The monoisotopic (exact) mass is 419 g/mol. The minimum Gasteiger partial charge on any atom is -0.449 e. The quantitative estimate of drug-likeness (QED) is 0.547. The van der Waals surface area contributed by atoms with Gasteiger partial charge >= 0.3 is 0 Å². The number of nitrogens with one attached hydrogen (secondary N) is 2. The van der Waals surface area contributed by atoms with Gasteiger partial charge in [0, 0.05) is 24.7 Å². The van der Waals surface area contributed by atoms with Crippen LogP contribution in [0.1, 0.15) is 48.5 Å². The third-order valence-electron chi connectivity index (χ3n) is 5.88. The lowest BCUT2D eigenvalue weighted by Gasteiger charge is -2.33. The van der Waals surface area contributed by atoms with Crippen LogP contribution in [0, 0.1) is 0 Å². The topological polar surface area (TPSA) is 70.7 Å². The van der Waals surface area contributed by atoms with Gasteiger partial charge < -0.3 is 20.3 Å². The molecule has 4 rings (SSSR count). The Balaban J connectivity index is 1.33. The van der Waals surface area contributed by atoms with Crippen molar-refractivity contribution in [2.75, 3.05) is 25.0 Å². The number of amides is 2. The lowest BCUT2D eigenvalue weighted by molar-refractivity contribution is -0.115. The molecular weight excluding hydrogens is 390 g/mol. The van der Waals surface area contributed by atoms with E-state index in [2.05, 4.69) is 22.5 Å². The van der Waals surface area contributed by atoms with Gasteiger partial charge in [0.2, 0.25) is 0 Å². The van der Waals surface area contributed by atoms with Crippen LogP contribution in [0.5, 0.6) is 5.75 Å². The molecular formula is C25H29N3O3. The van der Waals surface area contributed by atoms with E-state index in [0.717, 1.165) is 25.1 Å². The van der Waals surface area contributed by atoms with Gasteiger partial charge in [0.05, 0.1) is 5.69 Å². The van der Waals surface area contributed by atoms with E-state index < -0.39 is 0 Å². The first-order valence-corrected chi connectivity index (χ1v) is 11.0. The molecule has 2 heterocycles. The molecule has 2 amide bonds. The van der Waals surface area contributed by atoms with Crippen LogP contribution >= 0.6 is 0 Å². The number of anilines is 1. The van der Waals surface area contributed by atoms with Crippen LogP contribution in [-0.4, -0.2) is 42.4 Å². The summed E-state index contributed by atoms with van der Waals surface area (Å²) < 4.78 is 5.77. The summed E-state index contributed by atoms with van der Waals surface area (Å²) in [4.78, 5) is 27.5. The van der Waals surface area contributed by atoms with Crippen molar-refractivity contribution < 1.29 is 14.3 Å². The summed E-state index contributed by atoms with van der Waals surface area (Å²) in [5.74, 6) is 0.277. The second-order valence-corrected chi connectivity index (χ2v) is 8.18. The number of benzene rings is 2. The van der Waals surface area contributed by atoms with E-state index in [1.54, 1.807) is 24.3 Å². The fourth-order valence-corrected chi connectivity index (χ4v) is 4.08. The summed E-state index contributed by atoms with van der Waals surface area (Å²) in [6, 6.07) is 15.3. The predicted octanol–water partition coefficient (Wildman–Crippen LogP) is 4.05. The van der Waals surface area contributed by atoms with Gasteiger partial charge in [-0.05, 0) is 62.6 Å².